The molecule has 5 nitrogen and oxygen atoms in total. The SMILES string of the molecule is CCNC(=NCCc1c[nH]c2cccc(OC)c12)NCC.I. The van der Waals surface area contributed by atoms with E-state index in [0.29, 0.717) is 0 Å². The number of nitrogens with one attached hydrogen (secondary N) is 3. The number of rotatable bonds is 6. The van der Waals surface area contributed by atoms with Gasteiger partial charge in [-0.25, -0.2) is 0 Å². The van der Waals surface area contributed by atoms with E-state index in [1.54, 1.807) is 7.11 Å². The van der Waals surface area contributed by atoms with Gasteiger partial charge < -0.3 is 20.4 Å². The molecule has 1 heterocycles. The van der Waals surface area contributed by atoms with Gasteiger partial charge in [-0.05, 0) is 38.0 Å². The Labute approximate surface area is 148 Å². The van der Waals surface area contributed by atoms with Crippen molar-refractivity contribution in [2.24, 2.45) is 4.99 Å². The van der Waals surface area contributed by atoms with Gasteiger partial charge in [-0.3, -0.25) is 4.99 Å². The molecule has 0 saturated carbocycles. The lowest BCUT2D eigenvalue weighted by molar-refractivity contribution is 0.419. The summed E-state index contributed by atoms with van der Waals surface area (Å²) in [5, 5.41) is 7.62. The highest BCUT2D eigenvalue weighted by atomic mass is 127. The largest absolute Gasteiger partial charge is 0.496 e. The van der Waals surface area contributed by atoms with E-state index in [0.717, 1.165) is 48.7 Å². The van der Waals surface area contributed by atoms with Gasteiger partial charge in [0.25, 0.3) is 0 Å². The Morgan fingerprint density at radius 3 is 2.59 bits per heavy atom. The van der Waals surface area contributed by atoms with Gasteiger partial charge >= 0.3 is 0 Å². The Morgan fingerprint density at radius 2 is 1.95 bits per heavy atom. The van der Waals surface area contributed by atoms with Crippen LogP contribution in [0.2, 0.25) is 0 Å². The lowest BCUT2D eigenvalue weighted by Gasteiger charge is -2.09. The molecule has 0 fully saturated rings. The summed E-state index contributed by atoms with van der Waals surface area (Å²) in [5.41, 5.74) is 2.34. The molecule has 2 aromatic rings. The van der Waals surface area contributed by atoms with E-state index in [2.05, 4.69) is 40.5 Å². The monoisotopic (exact) mass is 416 g/mol. The summed E-state index contributed by atoms with van der Waals surface area (Å²) in [4.78, 5) is 7.87. The summed E-state index contributed by atoms with van der Waals surface area (Å²) in [6.45, 7) is 6.61. The number of ether oxygens (including phenoxy) is 1. The first-order chi connectivity index (χ1) is 10.3. The minimum absolute atomic E-state index is 0. The molecule has 0 atom stereocenters. The van der Waals surface area contributed by atoms with E-state index in [9.17, 15) is 0 Å². The van der Waals surface area contributed by atoms with Crippen LogP contribution in [0.1, 0.15) is 19.4 Å². The lowest BCUT2D eigenvalue weighted by Crippen LogP contribution is -2.37. The average Bonchev–Trinajstić information content (AvgIpc) is 2.91. The number of aliphatic imine (C=N–C) groups is 1. The van der Waals surface area contributed by atoms with E-state index in [-0.39, 0.29) is 24.0 Å². The van der Waals surface area contributed by atoms with E-state index in [4.69, 9.17) is 4.74 Å². The third kappa shape index (κ3) is 4.53. The first-order valence-electron chi connectivity index (χ1n) is 7.45. The molecule has 0 radical (unpaired) electrons. The van der Waals surface area contributed by atoms with Gasteiger partial charge in [-0.2, -0.15) is 0 Å². The number of halogens is 1. The van der Waals surface area contributed by atoms with Crippen molar-refractivity contribution in [3.63, 3.8) is 0 Å². The van der Waals surface area contributed by atoms with Crippen LogP contribution in [-0.4, -0.2) is 37.7 Å². The molecule has 122 valence electrons. The van der Waals surface area contributed by atoms with Crippen LogP contribution in [0.25, 0.3) is 10.9 Å². The van der Waals surface area contributed by atoms with Crippen molar-refractivity contribution in [1.29, 1.82) is 0 Å². The molecular formula is C16H25IN4O. The minimum Gasteiger partial charge on any atom is -0.496 e. The normalized spacial score (nSPS) is 9.95. The molecule has 2 rings (SSSR count). The van der Waals surface area contributed by atoms with Crippen molar-refractivity contribution in [1.82, 2.24) is 15.6 Å². The van der Waals surface area contributed by atoms with Crippen LogP contribution in [0, 0.1) is 0 Å². The lowest BCUT2D eigenvalue weighted by atomic mass is 10.1. The summed E-state index contributed by atoms with van der Waals surface area (Å²) >= 11 is 0. The van der Waals surface area contributed by atoms with Gasteiger partial charge in [0.2, 0.25) is 0 Å². The zero-order chi connectivity index (χ0) is 15.1. The van der Waals surface area contributed by atoms with Gasteiger partial charge in [-0.1, -0.05) is 6.07 Å². The second kappa shape index (κ2) is 9.55. The molecule has 0 saturated heterocycles. The number of aromatic amines is 1. The molecule has 3 N–H and O–H groups in total. The first-order valence-corrected chi connectivity index (χ1v) is 7.45. The van der Waals surface area contributed by atoms with Crippen LogP contribution < -0.4 is 15.4 Å². The average molecular weight is 416 g/mol. The smallest absolute Gasteiger partial charge is 0.191 e. The van der Waals surface area contributed by atoms with Crippen LogP contribution in [0.15, 0.2) is 29.4 Å². The van der Waals surface area contributed by atoms with Gasteiger partial charge in [0.15, 0.2) is 5.96 Å². The van der Waals surface area contributed by atoms with E-state index in [1.165, 1.54) is 5.56 Å². The number of H-pyrrole nitrogens is 1. The highest BCUT2D eigenvalue weighted by molar-refractivity contribution is 14.0. The Kier molecular flexibility index (Phi) is 8.08. The van der Waals surface area contributed by atoms with Gasteiger partial charge in [0, 0.05) is 36.7 Å². The second-order valence-corrected chi connectivity index (χ2v) is 4.74. The summed E-state index contributed by atoms with van der Waals surface area (Å²) in [6.07, 6.45) is 2.92. The molecular weight excluding hydrogens is 391 g/mol. The number of nitrogens with zero attached hydrogens (tertiary/aromatic N) is 1. The molecule has 0 amide bonds. The quantitative estimate of drug-likeness (QED) is 0.386. The van der Waals surface area contributed by atoms with Crippen molar-refractivity contribution in [2.45, 2.75) is 20.3 Å². The number of methoxy groups -OCH3 is 1. The van der Waals surface area contributed by atoms with Crippen LogP contribution in [0.5, 0.6) is 5.75 Å². The Balaban J connectivity index is 0.00000242. The maximum atomic E-state index is 5.45. The van der Waals surface area contributed by atoms with Crippen molar-refractivity contribution < 1.29 is 4.74 Å². The molecule has 0 aliphatic rings. The van der Waals surface area contributed by atoms with Crippen molar-refractivity contribution in [3.8, 4) is 5.75 Å². The van der Waals surface area contributed by atoms with Gasteiger partial charge in [-0.15, -0.1) is 24.0 Å². The molecule has 0 spiro atoms. The van der Waals surface area contributed by atoms with E-state index < -0.39 is 0 Å². The maximum Gasteiger partial charge on any atom is 0.191 e. The molecule has 1 aromatic heterocycles. The molecule has 0 unspecified atom stereocenters. The molecule has 1 aromatic carbocycles. The highest BCUT2D eigenvalue weighted by Gasteiger charge is 2.08. The Bertz CT molecular complexity index is 601. The second-order valence-electron chi connectivity index (χ2n) is 4.74. The topological polar surface area (TPSA) is 61.4 Å². The standard InChI is InChI=1S/C16H24N4O.HI/c1-4-17-16(18-5-2)19-10-9-12-11-20-13-7-6-8-14(21-3)15(12)13;/h6-8,11,20H,4-5,9-10H2,1-3H3,(H2,17,18,19);1H. The zero-order valence-electron chi connectivity index (χ0n) is 13.4. The highest BCUT2D eigenvalue weighted by Crippen LogP contribution is 2.28. The number of hydrogen-bond donors (Lipinski definition) is 3. The molecule has 22 heavy (non-hydrogen) atoms. The fourth-order valence-electron chi connectivity index (χ4n) is 2.38. The predicted octanol–water partition coefficient (Wildman–Crippen LogP) is 2.91. The fourth-order valence-corrected chi connectivity index (χ4v) is 2.38. The molecule has 6 heteroatoms. The summed E-state index contributed by atoms with van der Waals surface area (Å²) in [5.74, 6) is 1.78. The number of hydrogen-bond acceptors (Lipinski definition) is 2. The number of guanidine groups is 1. The van der Waals surface area contributed by atoms with Crippen LogP contribution in [0.3, 0.4) is 0 Å². The van der Waals surface area contributed by atoms with E-state index >= 15 is 0 Å². The van der Waals surface area contributed by atoms with Gasteiger partial charge in [0.05, 0.1) is 7.11 Å². The minimum atomic E-state index is 0. The van der Waals surface area contributed by atoms with Crippen LogP contribution in [0.4, 0.5) is 0 Å². The van der Waals surface area contributed by atoms with Crippen molar-refractivity contribution in [2.75, 3.05) is 26.7 Å². The molecule has 0 aliphatic carbocycles. The van der Waals surface area contributed by atoms with Crippen molar-refractivity contribution in [3.05, 3.63) is 30.0 Å². The van der Waals surface area contributed by atoms with Crippen LogP contribution >= 0.6 is 24.0 Å². The number of aromatic nitrogens is 1. The molecule has 0 bridgehead atoms. The van der Waals surface area contributed by atoms with Gasteiger partial charge in [0.1, 0.15) is 5.75 Å². The van der Waals surface area contributed by atoms with Crippen LogP contribution in [-0.2, 0) is 6.42 Å². The first kappa shape index (κ1) is 18.6. The Hall–Kier alpha value is -1.44. The number of benzene rings is 1. The van der Waals surface area contributed by atoms with Crippen molar-refractivity contribution >= 4 is 40.8 Å². The fraction of sp³-hybridized carbons (Fsp3) is 0.438. The predicted molar refractivity (Wildman–Crippen MR) is 104 cm³/mol. The summed E-state index contributed by atoms with van der Waals surface area (Å²) in [6, 6.07) is 6.05. The summed E-state index contributed by atoms with van der Waals surface area (Å²) in [7, 11) is 1.71. The van der Waals surface area contributed by atoms with E-state index in [1.807, 2.05) is 18.3 Å². The Morgan fingerprint density at radius 1 is 1.23 bits per heavy atom. The molecule has 0 aliphatic heterocycles. The third-order valence-electron chi connectivity index (χ3n) is 3.31. The maximum absolute atomic E-state index is 5.45. The third-order valence-corrected chi connectivity index (χ3v) is 3.31. The summed E-state index contributed by atoms with van der Waals surface area (Å²) < 4.78 is 5.45. The zero-order valence-corrected chi connectivity index (χ0v) is 15.7. The number of fused-ring (bicyclic) bond motifs is 1.